The summed E-state index contributed by atoms with van der Waals surface area (Å²) in [4.78, 5) is 22.6. The van der Waals surface area contributed by atoms with Crippen LogP contribution in [0.3, 0.4) is 0 Å². The Morgan fingerprint density at radius 3 is 2.79 bits per heavy atom. The second kappa shape index (κ2) is 5.79. The molecule has 4 heterocycles. The molecule has 1 aliphatic carbocycles. The summed E-state index contributed by atoms with van der Waals surface area (Å²) in [5, 5.41) is 6.44. The van der Waals surface area contributed by atoms with Crippen LogP contribution in [0.5, 0.6) is 0 Å². The fraction of sp³-hybridized carbons (Fsp3) is 0.444. The molecule has 0 spiro atoms. The summed E-state index contributed by atoms with van der Waals surface area (Å²) in [6, 6.07) is 1.17. The number of hydrogen-bond acceptors (Lipinski definition) is 5. The summed E-state index contributed by atoms with van der Waals surface area (Å²) < 4.78 is 40.7. The minimum absolute atomic E-state index is 0.287. The van der Waals surface area contributed by atoms with E-state index >= 15 is 0 Å². The molecule has 0 bridgehead atoms. The number of aromatic amines is 1. The largest absolute Gasteiger partial charge is 0.417 e. The molecular weight excluding hydrogens is 373 g/mol. The van der Waals surface area contributed by atoms with Crippen LogP contribution < -0.4 is 10.6 Å². The number of nitrogens with one attached hydrogen (secondary N) is 1. The normalized spacial score (nSPS) is 17.2. The maximum Gasteiger partial charge on any atom is 0.417 e. The summed E-state index contributed by atoms with van der Waals surface area (Å²) in [6.45, 7) is 2.79. The third kappa shape index (κ3) is 2.66. The van der Waals surface area contributed by atoms with Gasteiger partial charge in [0.15, 0.2) is 0 Å². The summed E-state index contributed by atoms with van der Waals surface area (Å²) in [5.41, 5.74) is 1.94. The number of halogens is 3. The van der Waals surface area contributed by atoms with E-state index in [0.29, 0.717) is 35.8 Å². The lowest BCUT2D eigenvalue weighted by Gasteiger charge is -2.31. The van der Waals surface area contributed by atoms with Gasteiger partial charge in [-0.25, -0.2) is 14.3 Å². The number of aromatic nitrogens is 5. The number of nitrogens with zero attached hydrogens (tertiary/aromatic N) is 5. The van der Waals surface area contributed by atoms with Crippen molar-refractivity contribution in [1.82, 2.24) is 24.6 Å². The zero-order valence-corrected chi connectivity index (χ0v) is 15.0. The van der Waals surface area contributed by atoms with E-state index in [0.717, 1.165) is 30.3 Å². The maximum absolute atomic E-state index is 13.1. The van der Waals surface area contributed by atoms with Gasteiger partial charge in [-0.15, -0.1) is 5.10 Å². The van der Waals surface area contributed by atoms with E-state index < -0.39 is 11.7 Å². The zero-order valence-electron chi connectivity index (χ0n) is 15.0. The molecule has 0 unspecified atom stereocenters. The minimum Gasteiger partial charge on any atom is -0.351 e. The lowest BCUT2D eigenvalue weighted by molar-refractivity contribution is -0.137. The topological polar surface area (TPSA) is 79.2 Å². The smallest absolute Gasteiger partial charge is 0.351 e. The van der Waals surface area contributed by atoms with E-state index in [4.69, 9.17) is 0 Å². The number of alkyl halides is 3. The first-order chi connectivity index (χ1) is 13.3. The Hall–Kier alpha value is -2.91. The molecule has 1 N–H and O–H groups in total. The van der Waals surface area contributed by atoms with E-state index in [1.54, 1.807) is 0 Å². The van der Waals surface area contributed by atoms with Crippen LogP contribution in [0.25, 0.3) is 5.78 Å². The van der Waals surface area contributed by atoms with Gasteiger partial charge < -0.3 is 4.90 Å². The van der Waals surface area contributed by atoms with Gasteiger partial charge in [-0.1, -0.05) is 0 Å². The first-order valence-corrected chi connectivity index (χ1v) is 9.10. The second-order valence-electron chi connectivity index (χ2n) is 7.38. The average Bonchev–Trinajstić information content (AvgIpc) is 3.43. The van der Waals surface area contributed by atoms with Gasteiger partial charge in [0.25, 0.3) is 5.78 Å². The monoisotopic (exact) mass is 390 g/mol. The van der Waals surface area contributed by atoms with Crippen LogP contribution in [0.15, 0.2) is 17.1 Å². The summed E-state index contributed by atoms with van der Waals surface area (Å²) >= 11 is 0. The van der Waals surface area contributed by atoms with Crippen molar-refractivity contribution in [2.75, 3.05) is 11.4 Å². The van der Waals surface area contributed by atoms with Crippen LogP contribution in [0.1, 0.15) is 46.8 Å². The van der Waals surface area contributed by atoms with Crippen molar-refractivity contribution < 1.29 is 13.2 Å². The summed E-state index contributed by atoms with van der Waals surface area (Å²) in [5.74, 6) is 1.24. The van der Waals surface area contributed by atoms with E-state index in [1.165, 1.54) is 10.5 Å². The van der Waals surface area contributed by atoms with Crippen molar-refractivity contribution in [3.05, 3.63) is 50.8 Å². The Morgan fingerprint density at radius 2 is 2.07 bits per heavy atom. The van der Waals surface area contributed by atoms with Gasteiger partial charge in [0.2, 0.25) is 0 Å². The van der Waals surface area contributed by atoms with Gasteiger partial charge in [0.1, 0.15) is 5.82 Å². The number of fused-ring (bicyclic) bond motifs is 2. The molecular formula is C18H17F3N6O. The Balaban J connectivity index is 1.59. The third-order valence-electron chi connectivity index (χ3n) is 5.45. The van der Waals surface area contributed by atoms with Crippen LogP contribution in [0.4, 0.5) is 19.0 Å². The molecule has 10 heteroatoms. The highest BCUT2D eigenvalue weighted by Crippen LogP contribution is 2.43. The van der Waals surface area contributed by atoms with E-state index in [1.807, 2.05) is 11.8 Å². The van der Waals surface area contributed by atoms with Crippen LogP contribution in [0, 0.1) is 6.92 Å². The maximum atomic E-state index is 13.1. The summed E-state index contributed by atoms with van der Waals surface area (Å²) in [6.07, 6.45) is -0.999. The average molecular weight is 390 g/mol. The third-order valence-corrected chi connectivity index (χ3v) is 5.45. The van der Waals surface area contributed by atoms with E-state index in [9.17, 15) is 18.0 Å². The van der Waals surface area contributed by atoms with Gasteiger partial charge in [0.05, 0.1) is 5.56 Å². The van der Waals surface area contributed by atoms with Gasteiger partial charge in [0, 0.05) is 48.6 Å². The number of H-pyrrole nitrogens is 1. The molecule has 5 rings (SSSR count). The predicted molar refractivity (Wildman–Crippen MR) is 94.3 cm³/mol. The Kier molecular flexibility index (Phi) is 3.56. The fourth-order valence-corrected chi connectivity index (χ4v) is 3.96. The van der Waals surface area contributed by atoms with Crippen molar-refractivity contribution >= 4 is 11.6 Å². The summed E-state index contributed by atoms with van der Waals surface area (Å²) in [7, 11) is 0. The molecule has 0 saturated heterocycles. The van der Waals surface area contributed by atoms with Gasteiger partial charge >= 0.3 is 11.9 Å². The van der Waals surface area contributed by atoms with Crippen molar-refractivity contribution in [2.24, 2.45) is 0 Å². The number of hydrogen-bond donors (Lipinski definition) is 1. The van der Waals surface area contributed by atoms with Crippen molar-refractivity contribution in [1.29, 1.82) is 0 Å². The zero-order chi connectivity index (χ0) is 19.6. The molecule has 1 saturated carbocycles. The molecule has 3 aromatic heterocycles. The van der Waals surface area contributed by atoms with Crippen molar-refractivity contribution in [3.8, 4) is 0 Å². The van der Waals surface area contributed by atoms with Crippen LogP contribution in [-0.2, 0) is 19.1 Å². The molecule has 1 aliphatic heterocycles. The first kappa shape index (κ1) is 17.2. The molecule has 146 valence electrons. The molecule has 3 aromatic rings. The van der Waals surface area contributed by atoms with Crippen LogP contribution in [0.2, 0.25) is 0 Å². The SMILES string of the molecule is Cc1c(N2CCc3ncc(C(F)(F)F)cc3C2)nc2n[nH]c(=O)n2c1C1CC1. The van der Waals surface area contributed by atoms with Gasteiger partial charge in [-0.3, -0.25) is 4.98 Å². The molecule has 0 aromatic carbocycles. The Morgan fingerprint density at radius 1 is 1.29 bits per heavy atom. The Labute approximate surface area is 157 Å². The molecule has 2 aliphatic rings. The van der Waals surface area contributed by atoms with Crippen molar-refractivity contribution in [2.45, 2.75) is 44.8 Å². The molecule has 7 nitrogen and oxygen atoms in total. The standard InChI is InChI=1S/C18H17F3N6O/c1-9-14(10-2-3-10)27-16(24-25-17(27)28)23-15(9)26-5-4-13-11(8-26)6-12(7-22-13)18(19,20)21/h6-7,10H,2-5,8H2,1H3,(H,25,28). The fourth-order valence-electron chi connectivity index (χ4n) is 3.96. The van der Waals surface area contributed by atoms with Gasteiger partial charge in [-0.05, 0) is 31.4 Å². The lowest BCUT2D eigenvalue weighted by Crippen LogP contribution is -2.33. The number of rotatable bonds is 2. The van der Waals surface area contributed by atoms with Crippen LogP contribution in [-0.4, -0.2) is 31.1 Å². The van der Waals surface area contributed by atoms with E-state index in [2.05, 4.69) is 20.2 Å². The van der Waals surface area contributed by atoms with E-state index in [-0.39, 0.29) is 18.2 Å². The molecule has 28 heavy (non-hydrogen) atoms. The number of anilines is 1. The molecule has 1 fully saturated rings. The second-order valence-corrected chi connectivity index (χ2v) is 7.38. The molecule has 0 amide bonds. The lowest BCUT2D eigenvalue weighted by atomic mass is 10.0. The minimum atomic E-state index is -4.42. The van der Waals surface area contributed by atoms with Crippen molar-refractivity contribution in [3.63, 3.8) is 0 Å². The number of pyridine rings is 1. The highest BCUT2D eigenvalue weighted by Gasteiger charge is 2.34. The Bertz CT molecular complexity index is 1140. The first-order valence-electron chi connectivity index (χ1n) is 9.10. The highest BCUT2D eigenvalue weighted by atomic mass is 19.4. The predicted octanol–water partition coefficient (Wildman–Crippen LogP) is 2.58. The highest BCUT2D eigenvalue weighted by molar-refractivity contribution is 5.56. The van der Waals surface area contributed by atoms with Gasteiger partial charge in [-0.2, -0.15) is 18.2 Å². The van der Waals surface area contributed by atoms with Crippen LogP contribution >= 0.6 is 0 Å². The quantitative estimate of drug-likeness (QED) is 0.728. The molecule has 0 radical (unpaired) electrons. The molecule has 0 atom stereocenters.